The van der Waals surface area contributed by atoms with Crippen LogP contribution in [0, 0.1) is 0 Å². The summed E-state index contributed by atoms with van der Waals surface area (Å²) in [5.74, 6) is -7.51. The molecule has 44 heavy (non-hydrogen) atoms. The number of benzene rings is 2. The van der Waals surface area contributed by atoms with Crippen molar-refractivity contribution >= 4 is 40.8 Å². The zero-order valence-electron chi connectivity index (χ0n) is 23.6. The Morgan fingerprint density at radius 2 is 1.39 bits per heavy atom. The van der Waals surface area contributed by atoms with Crippen molar-refractivity contribution < 1.29 is 67.0 Å². The van der Waals surface area contributed by atoms with Crippen LogP contribution in [0.5, 0.6) is 17.2 Å². The number of carbonyl (C=O) groups excluding carboxylic acids is 4. The van der Waals surface area contributed by atoms with Crippen molar-refractivity contribution in [2.75, 3.05) is 0 Å². The van der Waals surface area contributed by atoms with Crippen LogP contribution >= 0.6 is 0 Å². The van der Waals surface area contributed by atoms with Gasteiger partial charge in [-0.3, -0.25) is 24.0 Å². The Bertz CT molecular complexity index is 1680. The van der Waals surface area contributed by atoms with Gasteiger partial charge >= 0.3 is 29.8 Å². The van der Waals surface area contributed by atoms with E-state index in [1.54, 1.807) is 30.3 Å². The number of hydrogen-bond acceptors (Lipinski definition) is 14. The minimum Gasteiger partial charge on any atom is -0.504 e. The van der Waals surface area contributed by atoms with E-state index < -0.39 is 83.2 Å². The van der Waals surface area contributed by atoms with Crippen LogP contribution < -0.4 is 14.9 Å². The van der Waals surface area contributed by atoms with Crippen molar-refractivity contribution in [1.29, 1.82) is 0 Å². The van der Waals surface area contributed by atoms with Gasteiger partial charge in [-0.25, -0.2) is 4.79 Å². The van der Waals surface area contributed by atoms with E-state index in [4.69, 9.17) is 32.8 Å². The quantitative estimate of drug-likeness (QED) is 0.211. The van der Waals surface area contributed by atoms with Gasteiger partial charge in [0.2, 0.25) is 18.1 Å². The molecule has 15 nitrogen and oxygen atoms in total. The molecule has 5 atom stereocenters. The lowest BCUT2D eigenvalue weighted by Crippen LogP contribution is -2.64. The highest BCUT2D eigenvalue weighted by Gasteiger charge is 2.55. The van der Waals surface area contributed by atoms with Crippen molar-refractivity contribution in [2.24, 2.45) is 0 Å². The van der Waals surface area contributed by atoms with Gasteiger partial charge in [-0.15, -0.1) is 0 Å². The molecule has 1 saturated heterocycles. The van der Waals surface area contributed by atoms with E-state index in [-0.39, 0.29) is 16.7 Å². The molecule has 1 aliphatic rings. The van der Waals surface area contributed by atoms with Crippen LogP contribution in [-0.2, 0) is 42.9 Å². The number of esters is 4. The van der Waals surface area contributed by atoms with Gasteiger partial charge in [0.25, 0.3) is 0 Å². The molecule has 0 radical (unpaired) electrons. The Hall–Kier alpha value is -5.44. The highest BCUT2D eigenvalue weighted by molar-refractivity contribution is 5.91. The molecule has 0 amide bonds. The second-order valence-corrected chi connectivity index (χ2v) is 9.46. The first-order chi connectivity index (χ1) is 20.8. The van der Waals surface area contributed by atoms with Crippen LogP contribution in [0.25, 0.3) is 22.3 Å². The highest BCUT2D eigenvalue weighted by atomic mass is 16.7. The fraction of sp³-hybridized carbons (Fsp3) is 0.310. The predicted molar refractivity (Wildman–Crippen MR) is 144 cm³/mol. The lowest BCUT2D eigenvalue weighted by atomic mass is 9.97. The number of carboxylic acids is 1. The van der Waals surface area contributed by atoms with Crippen LogP contribution in [0.2, 0.25) is 0 Å². The third kappa shape index (κ3) is 6.78. The maximum Gasteiger partial charge on any atom is 0.337 e. The Labute approximate surface area is 247 Å². The summed E-state index contributed by atoms with van der Waals surface area (Å²) in [7, 11) is 0. The summed E-state index contributed by atoms with van der Waals surface area (Å²) in [6.07, 6.45) is -9.33. The van der Waals surface area contributed by atoms with Crippen molar-refractivity contribution in [2.45, 2.75) is 58.4 Å². The largest absolute Gasteiger partial charge is 0.504 e. The molecule has 1 aromatic heterocycles. The number of ether oxygens (including phenoxy) is 6. The molecule has 3 aromatic rings. The fourth-order valence-corrected chi connectivity index (χ4v) is 4.53. The summed E-state index contributed by atoms with van der Waals surface area (Å²) in [5.41, 5.74) is -0.448. The third-order valence-corrected chi connectivity index (χ3v) is 6.10. The number of aromatic hydroxyl groups is 1. The van der Waals surface area contributed by atoms with E-state index in [1.807, 2.05) is 0 Å². The highest BCUT2D eigenvalue weighted by Crippen LogP contribution is 2.44. The molecule has 0 bridgehead atoms. The van der Waals surface area contributed by atoms with Crippen LogP contribution in [0.3, 0.4) is 0 Å². The van der Waals surface area contributed by atoms with E-state index >= 15 is 0 Å². The van der Waals surface area contributed by atoms with E-state index in [2.05, 4.69) is 0 Å². The van der Waals surface area contributed by atoms with Crippen molar-refractivity contribution in [3.63, 3.8) is 0 Å². The minimum absolute atomic E-state index is 0.102. The maximum atomic E-state index is 13.1. The van der Waals surface area contributed by atoms with Gasteiger partial charge in [-0.2, -0.15) is 0 Å². The topological polar surface area (TPSA) is 211 Å². The van der Waals surface area contributed by atoms with Gasteiger partial charge < -0.3 is 43.1 Å². The third-order valence-electron chi connectivity index (χ3n) is 6.10. The maximum absolute atomic E-state index is 13.1. The molecule has 4 rings (SSSR count). The molecular weight excluding hydrogens is 588 g/mol. The lowest BCUT2D eigenvalue weighted by Gasteiger charge is -2.42. The Balaban J connectivity index is 1.90. The van der Waals surface area contributed by atoms with Gasteiger partial charge in [-0.05, 0) is 0 Å². The first-order valence-electron chi connectivity index (χ1n) is 12.9. The predicted octanol–water partition coefficient (Wildman–Crippen LogP) is 2.07. The first kappa shape index (κ1) is 31.5. The molecule has 0 saturated carbocycles. The van der Waals surface area contributed by atoms with E-state index in [1.165, 1.54) is 0 Å². The molecule has 1 fully saturated rings. The fourth-order valence-electron chi connectivity index (χ4n) is 4.53. The molecule has 2 N–H and O–H groups in total. The van der Waals surface area contributed by atoms with Crippen molar-refractivity contribution in [3.05, 3.63) is 52.7 Å². The number of carboxylic acid groups (broad SMARTS) is 1. The molecule has 0 spiro atoms. The lowest BCUT2D eigenvalue weighted by molar-refractivity contribution is -0.282. The average molecular weight is 615 g/mol. The summed E-state index contributed by atoms with van der Waals surface area (Å²) in [5, 5.41) is 20.5. The molecule has 2 heterocycles. The second kappa shape index (κ2) is 12.8. The summed E-state index contributed by atoms with van der Waals surface area (Å²) in [4.78, 5) is 73.1. The number of phenolic OH excluding ortho intramolecular Hbond substituents is 1. The van der Waals surface area contributed by atoms with Gasteiger partial charge in [0.15, 0.2) is 35.2 Å². The van der Waals surface area contributed by atoms with Crippen LogP contribution in [0.1, 0.15) is 27.7 Å². The summed E-state index contributed by atoms with van der Waals surface area (Å²) in [6, 6.07) is 10.6. The summed E-state index contributed by atoms with van der Waals surface area (Å²) >= 11 is 0. The number of carbonyl (C=O) groups is 5. The summed E-state index contributed by atoms with van der Waals surface area (Å²) < 4.78 is 37.9. The average Bonchev–Trinajstić information content (AvgIpc) is 2.92. The Morgan fingerprint density at radius 3 is 1.95 bits per heavy atom. The van der Waals surface area contributed by atoms with Gasteiger partial charge in [0.05, 0.1) is 0 Å². The smallest absolute Gasteiger partial charge is 0.337 e. The van der Waals surface area contributed by atoms with E-state index in [9.17, 15) is 39.0 Å². The van der Waals surface area contributed by atoms with Crippen LogP contribution in [0.4, 0.5) is 0 Å². The molecule has 232 valence electrons. The van der Waals surface area contributed by atoms with Crippen molar-refractivity contribution in [3.8, 4) is 28.6 Å². The van der Waals surface area contributed by atoms with Crippen LogP contribution in [-0.4, -0.2) is 70.8 Å². The van der Waals surface area contributed by atoms with Gasteiger partial charge in [0, 0.05) is 45.4 Å². The number of rotatable bonds is 8. The zero-order valence-corrected chi connectivity index (χ0v) is 23.6. The second-order valence-electron chi connectivity index (χ2n) is 9.46. The standard InChI is InChI=1S/C29H26O15/c1-12(30)38-23-20(11-19-21(22(23)35)17(34)10-18(42-19)16-8-6-5-7-9-16)43-29-27(41-15(4)33)25(40-14(3)32)24(39-13(2)31)26(44-29)28(36)37/h5-11,24-27,29,35H,1-4H3,(H,36,37). The molecule has 1 aliphatic heterocycles. The van der Waals surface area contributed by atoms with E-state index in [0.29, 0.717) is 5.56 Å². The number of aliphatic carboxylic acids is 1. The number of phenols is 1. The monoisotopic (exact) mass is 614 g/mol. The first-order valence-corrected chi connectivity index (χ1v) is 12.9. The zero-order chi connectivity index (χ0) is 32.3. The minimum atomic E-state index is -2.03. The summed E-state index contributed by atoms with van der Waals surface area (Å²) in [6.45, 7) is 3.92. The van der Waals surface area contributed by atoms with E-state index in [0.717, 1.165) is 39.8 Å². The molecule has 5 unspecified atom stereocenters. The Morgan fingerprint density at radius 1 is 0.795 bits per heavy atom. The van der Waals surface area contributed by atoms with Crippen molar-refractivity contribution in [1.82, 2.24) is 0 Å². The normalized spacial score (nSPS) is 21.1. The SMILES string of the molecule is CC(=O)Oc1c(OC2OC(C(=O)O)C(OC(C)=O)C(OC(C)=O)C2OC(C)=O)cc2oc(-c3ccccc3)cc(=O)c2c1O. The molecule has 2 aromatic carbocycles. The molecule has 15 heteroatoms. The number of fused-ring (bicyclic) bond motifs is 1. The number of hydrogen-bond donors (Lipinski definition) is 2. The van der Waals surface area contributed by atoms with Crippen LogP contribution in [0.15, 0.2) is 51.7 Å². The molecule has 0 aliphatic carbocycles. The molecular formula is C29H26O15. The Kier molecular flexibility index (Phi) is 9.18. The van der Waals surface area contributed by atoms with Gasteiger partial charge in [0.1, 0.15) is 16.7 Å². The van der Waals surface area contributed by atoms with Gasteiger partial charge in [-0.1, -0.05) is 30.3 Å².